The number of aryl methyl sites for hydroxylation is 1. The zero-order chi connectivity index (χ0) is 14.7. The van der Waals surface area contributed by atoms with E-state index >= 15 is 0 Å². The first-order chi connectivity index (χ1) is 9.52. The summed E-state index contributed by atoms with van der Waals surface area (Å²) in [6.45, 7) is 5.11. The molecular formula is C16H16Br2ClN. The van der Waals surface area contributed by atoms with Gasteiger partial charge in [0.05, 0.1) is 6.04 Å². The molecule has 0 amide bonds. The SMILES string of the molecule is CCNC(c1cc(Cl)ccc1C)c1cc(Br)ccc1Br. The summed E-state index contributed by atoms with van der Waals surface area (Å²) >= 11 is 13.4. The van der Waals surface area contributed by atoms with Crippen LogP contribution in [0.1, 0.15) is 29.7 Å². The topological polar surface area (TPSA) is 12.0 Å². The fraction of sp³-hybridized carbons (Fsp3) is 0.250. The van der Waals surface area contributed by atoms with Crippen molar-refractivity contribution >= 4 is 43.5 Å². The summed E-state index contributed by atoms with van der Waals surface area (Å²) in [5.74, 6) is 0. The van der Waals surface area contributed by atoms with Gasteiger partial charge in [-0.05, 0) is 60.5 Å². The normalized spacial score (nSPS) is 12.4. The molecule has 0 aliphatic heterocycles. The maximum Gasteiger partial charge on any atom is 0.0591 e. The van der Waals surface area contributed by atoms with Crippen molar-refractivity contribution in [3.8, 4) is 0 Å². The van der Waals surface area contributed by atoms with E-state index in [4.69, 9.17) is 11.6 Å². The summed E-state index contributed by atoms with van der Waals surface area (Å²) in [6, 6.07) is 12.4. The van der Waals surface area contributed by atoms with Crippen LogP contribution in [0.3, 0.4) is 0 Å². The fourth-order valence-electron chi connectivity index (χ4n) is 2.25. The molecule has 2 aromatic carbocycles. The second kappa shape index (κ2) is 7.08. The van der Waals surface area contributed by atoms with E-state index in [1.807, 2.05) is 18.2 Å². The van der Waals surface area contributed by atoms with Crippen molar-refractivity contribution in [2.24, 2.45) is 0 Å². The van der Waals surface area contributed by atoms with Crippen LogP contribution in [-0.2, 0) is 0 Å². The highest BCUT2D eigenvalue weighted by molar-refractivity contribution is 9.11. The van der Waals surface area contributed by atoms with Gasteiger partial charge in [0.2, 0.25) is 0 Å². The molecule has 0 heterocycles. The minimum Gasteiger partial charge on any atom is -0.306 e. The first kappa shape index (κ1) is 16.0. The van der Waals surface area contributed by atoms with E-state index in [0.29, 0.717) is 0 Å². The number of hydrogen-bond acceptors (Lipinski definition) is 1. The second-order valence-corrected chi connectivity index (χ2v) is 6.86. The average molecular weight is 418 g/mol. The standard InChI is InChI=1S/C16H16Br2ClN/c1-3-20-16(13-9-12(19)6-4-10(13)2)14-8-11(17)5-7-15(14)18/h4-9,16,20H,3H2,1-2H3. The van der Waals surface area contributed by atoms with Crippen molar-refractivity contribution in [1.29, 1.82) is 0 Å². The van der Waals surface area contributed by atoms with Crippen LogP contribution in [0.5, 0.6) is 0 Å². The van der Waals surface area contributed by atoms with E-state index < -0.39 is 0 Å². The van der Waals surface area contributed by atoms with Crippen LogP contribution in [0.15, 0.2) is 45.3 Å². The van der Waals surface area contributed by atoms with Crippen molar-refractivity contribution in [2.45, 2.75) is 19.9 Å². The lowest BCUT2D eigenvalue weighted by Gasteiger charge is -2.22. The molecule has 1 nitrogen and oxygen atoms in total. The molecule has 0 radical (unpaired) electrons. The Balaban J connectivity index is 2.55. The molecule has 1 N–H and O–H groups in total. The highest BCUT2D eigenvalue weighted by Gasteiger charge is 2.18. The Kier molecular flexibility index (Phi) is 5.67. The number of halogens is 3. The fourth-order valence-corrected chi connectivity index (χ4v) is 3.28. The maximum absolute atomic E-state index is 6.17. The molecule has 0 spiro atoms. The van der Waals surface area contributed by atoms with Crippen LogP contribution in [0.25, 0.3) is 0 Å². The van der Waals surface area contributed by atoms with Crippen LogP contribution in [0, 0.1) is 6.92 Å². The molecule has 106 valence electrons. The zero-order valence-corrected chi connectivity index (χ0v) is 15.3. The Hall–Kier alpha value is -0.350. The van der Waals surface area contributed by atoms with E-state index in [9.17, 15) is 0 Å². The molecular weight excluding hydrogens is 401 g/mol. The molecule has 1 unspecified atom stereocenters. The van der Waals surface area contributed by atoms with Crippen LogP contribution >= 0.6 is 43.5 Å². The quantitative estimate of drug-likeness (QED) is 0.656. The molecule has 0 bridgehead atoms. The average Bonchev–Trinajstić information content (AvgIpc) is 2.42. The van der Waals surface area contributed by atoms with Gasteiger partial charge in [-0.15, -0.1) is 0 Å². The first-order valence-corrected chi connectivity index (χ1v) is 8.43. The minimum atomic E-state index is 0.116. The molecule has 0 aliphatic rings. The van der Waals surface area contributed by atoms with Crippen molar-refractivity contribution in [2.75, 3.05) is 6.54 Å². The Bertz CT molecular complexity index is 562. The van der Waals surface area contributed by atoms with E-state index in [1.54, 1.807) is 0 Å². The molecule has 2 rings (SSSR count). The van der Waals surface area contributed by atoms with Gasteiger partial charge in [0.25, 0.3) is 0 Å². The molecule has 20 heavy (non-hydrogen) atoms. The highest BCUT2D eigenvalue weighted by atomic mass is 79.9. The molecule has 0 aliphatic carbocycles. The van der Waals surface area contributed by atoms with Crippen LogP contribution in [0.2, 0.25) is 5.02 Å². The van der Waals surface area contributed by atoms with E-state index in [1.165, 1.54) is 16.7 Å². The van der Waals surface area contributed by atoms with Crippen LogP contribution in [0.4, 0.5) is 0 Å². The van der Waals surface area contributed by atoms with Crippen molar-refractivity contribution < 1.29 is 0 Å². The Labute approximate surface area is 142 Å². The highest BCUT2D eigenvalue weighted by Crippen LogP contribution is 2.33. The Morgan fingerprint density at radius 2 is 1.85 bits per heavy atom. The minimum absolute atomic E-state index is 0.116. The maximum atomic E-state index is 6.17. The van der Waals surface area contributed by atoms with Gasteiger partial charge in [-0.25, -0.2) is 0 Å². The van der Waals surface area contributed by atoms with Gasteiger partial charge in [0.15, 0.2) is 0 Å². The number of hydrogen-bond donors (Lipinski definition) is 1. The van der Waals surface area contributed by atoms with Gasteiger partial charge < -0.3 is 5.32 Å². The number of nitrogens with one attached hydrogen (secondary N) is 1. The first-order valence-electron chi connectivity index (χ1n) is 6.47. The van der Waals surface area contributed by atoms with Gasteiger partial charge in [-0.2, -0.15) is 0 Å². The summed E-state index contributed by atoms with van der Waals surface area (Å²) in [4.78, 5) is 0. The largest absolute Gasteiger partial charge is 0.306 e. The predicted molar refractivity (Wildman–Crippen MR) is 93.6 cm³/mol. The molecule has 1 atom stereocenters. The summed E-state index contributed by atoms with van der Waals surface area (Å²) < 4.78 is 2.16. The molecule has 0 aromatic heterocycles. The van der Waals surface area contributed by atoms with E-state index in [2.05, 4.69) is 69.2 Å². The zero-order valence-electron chi connectivity index (χ0n) is 11.4. The molecule has 2 aromatic rings. The number of benzene rings is 2. The third-order valence-electron chi connectivity index (χ3n) is 3.23. The third kappa shape index (κ3) is 3.64. The Morgan fingerprint density at radius 1 is 1.10 bits per heavy atom. The molecule has 0 saturated heterocycles. The van der Waals surface area contributed by atoms with Crippen molar-refractivity contribution in [3.05, 3.63) is 67.1 Å². The van der Waals surface area contributed by atoms with Crippen molar-refractivity contribution in [3.63, 3.8) is 0 Å². The lowest BCUT2D eigenvalue weighted by molar-refractivity contribution is 0.625. The van der Waals surface area contributed by atoms with Gasteiger partial charge in [-0.3, -0.25) is 0 Å². The van der Waals surface area contributed by atoms with Gasteiger partial charge in [-0.1, -0.05) is 56.5 Å². The monoisotopic (exact) mass is 415 g/mol. The molecule has 0 fully saturated rings. The van der Waals surface area contributed by atoms with Crippen LogP contribution < -0.4 is 5.32 Å². The summed E-state index contributed by atoms with van der Waals surface area (Å²) in [5.41, 5.74) is 3.64. The third-order valence-corrected chi connectivity index (χ3v) is 4.68. The van der Waals surface area contributed by atoms with Gasteiger partial charge >= 0.3 is 0 Å². The van der Waals surface area contributed by atoms with Crippen molar-refractivity contribution in [1.82, 2.24) is 5.32 Å². The summed E-state index contributed by atoms with van der Waals surface area (Å²) in [5, 5.41) is 4.31. The predicted octanol–water partition coefficient (Wildman–Crippen LogP) is 5.87. The second-order valence-electron chi connectivity index (χ2n) is 4.66. The molecule has 0 saturated carbocycles. The van der Waals surface area contributed by atoms with E-state index in [0.717, 1.165) is 20.5 Å². The lowest BCUT2D eigenvalue weighted by Crippen LogP contribution is -2.23. The number of rotatable bonds is 4. The smallest absolute Gasteiger partial charge is 0.0591 e. The molecule has 4 heteroatoms. The van der Waals surface area contributed by atoms with Gasteiger partial charge in [0, 0.05) is 14.0 Å². The summed E-state index contributed by atoms with van der Waals surface area (Å²) in [6.07, 6.45) is 0. The lowest BCUT2D eigenvalue weighted by atomic mass is 9.95. The Morgan fingerprint density at radius 3 is 2.55 bits per heavy atom. The summed E-state index contributed by atoms with van der Waals surface area (Å²) in [7, 11) is 0. The van der Waals surface area contributed by atoms with Gasteiger partial charge in [0.1, 0.15) is 0 Å². The van der Waals surface area contributed by atoms with E-state index in [-0.39, 0.29) is 6.04 Å². The van der Waals surface area contributed by atoms with Crippen LogP contribution in [-0.4, -0.2) is 6.54 Å².